The molecule has 0 amide bonds. The minimum Gasteiger partial charge on any atom is -0.505 e. The Hall–Kier alpha value is -1.40. The van der Waals surface area contributed by atoms with Crippen LogP contribution in [0.2, 0.25) is 0 Å². The van der Waals surface area contributed by atoms with Crippen LogP contribution in [0, 0.1) is 0 Å². The van der Waals surface area contributed by atoms with Gasteiger partial charge in [0.05, 0.1) is 23.9 Å². The lowest BCUT2D eigenvalue weighted by Gasteiger charge is -1.90. The molecular weight excluding hydrogens is 190 g/mol. The summed E-state index contributed by atoms with van der Waals surface area (Å²) in [4.78, 5) is 4.79. The summed E-state index contributed by atoms with van der Waals surface area (Å²) in [5.74, 6) is 0.0979. The van der Waals surface area contributed by atoms with Crippen molar-refractivity contribution >= 4 is 11.3 Å². The standard InChI is InChI=1S/C7H7N3O2S/c11-4-6-2-8-7(13-6)10-3-5(12)1-9-10/h1-3,11-12H,4H2. The number of nitrogens with zero attached hydrogens (tertiary/aromatic N) is 3. The summed E-state index contributed by atoms with van der Waals surface area (Å²) in [6, 6.07) is 0. The van der Waals surface area contributed by atoms with E-state index in [0.717, 1.165) is 4.88 Å². The van der Waals surface area contributed by atoms with E-state index in [9.17, 15) is 0 Å². The van der Waals surface area contributed by atoms with Gasteiger partial charge in [0.15, 0.2) is 5.75 Å². The van der Waals surface area contributed by atoms with Crippen LogP contribution >= 0.6 is 11.3 Å². The monoisotopic (exact) mass is 197 g/mol. The fourth-order valence-corrected chi connectivity index (χ4v) is 1.60. The van der Waals surface area contributed by atoms with Gasteiger partial charge in [-0.2, -0.15) is 5.10 Å². The van der Waals surface area contributed by atoms with Crippen LogP contribution in [0.1, 0.15) is 4.88 Å². The zero-order valence-electron chi connectivity index (χ0n) is 6.58. The van der Waals surface area contributed by atoms with E-state index in [1.54, 1.807) is 6.20 Å². The summed E-state index contributed by atoms with van der Waals surface area (Å²) in [7, 11) is 0. The Morgan fingerprint density at radius 1 is 1.46 bits per heavy atom. The van der Waals surface area contributed by atoms with E-state index in [0.29, 0.717) is 5.13 Å². The number of aliphatic hydroxyl groups is 1. The molecule has 68 valence electrons. The minimum absolute atomic E-state index is 0.0229. The Labute approximate surface area is 77.9 Å². The molecule has 0 aromatic carbocycles. The molecule has 0 saturated heterocycles. The van der Waals surface area contributed by atoms with Gasteiger partial charge in [-0.1, -0.05) is 11.3 Å². The van der Waals surface area contributed by atoms with Crippen LogP contribution in [0.5, 0.6) is 5.75 Å². The molecule has 5 nitrogen and oxygen atoms in total. The van der Waals surface area contributed by atoms with Crippen LogP contribution in [0.25, 0.3) is 5.13 Å². The van der Waals surface area contributed by atoms with E-state index in [-0.39, 0.29) is 12.4 Å². The molecular formula is C7H7N3O2S. The lowest BCUT2D eigenvalue weighted by molar-refractivity contribution is 0.285. The van der Waals surface area contributed by atoms with Gasteiger partial charge in [0.2, 0.25) is 5.13 Å². The Bertz CT molecular complexity index is 409. The van der Waals surface area contributed by atoms with Crippen molar-refractivity contribution in [1.82, 2.24) is 14.8 Å². The first-order chi connectivity index (χ1) is 6.29. The first-order valence-electron chi connectivity index (χ1n) is 3.59. The second kappa shape index (κ2) is 3.15. The van der Waals surface area contributed by atoms with Gasteiger partial charge in [-0.25, -0.2) is 9.67 Å². The SMILES string of the molecule is OCc1cnc(-n2cc(O)cn2)s1. The van der Waals surface area contributed by atoms with Crippen molar-refractivity contribution in [2.24, 2.45) is 0 Å². The molecule has 2 N–H and O–H groups in total. The van der Waals surface area contributed by atoms with Crippen molar-refractivity contribution in [2.45, 2.75) is 6.61 Å². The second-order valence-electron chi connectivity index (χ2n) is 2.41. The fraction of sp³-hybridized carbons (Fsp3) is 0.143. The lowest BCUT2D eigenvalue weighted by Crippen LogP contribution is -1.91. The summed E-state index contributed by atoms with van der Waals surface area (Å²) in [6.07, 6.45) is 4.37. The lowest BCUT2D eigenvalue weighted by atomic mass is 10.6. The average Bonchev–Trinajstić information content (AvgIpc) is 2.71. The van der Waals surface area contributed by atoms with E-state index in [2.05, 4.69) is 10.1 Å². The highest BCUT2D eigenvalue weighted by Crippen LogP contribution is 2.18. The van der Waals surface area contributed by atoms with E-state index in [4.69, 9.17) is 10.2 Å². The predicted octanol–water partition coefficient (Wildman–Crippen LogP) is 0.527. The van der Waals surface area contributed by atoms with Crippen molar-refractivity contribution in [3.63, 3.8) is 0 Å². The van der Waals surface area contributed by atoms with Gasteiger partial charge in [0.1, 0.15) is 0 Å². The van der Waals surface area contributed by atoms with Gasteiger partial charge in [-0.05, 0) is 0 Å². The number of aromatic nitrogens is 3. The number of rotatable bonds is 2. The Kier molecular flexibility index (Phi) is 1.99. The number of aromatic hydroxyl groups is 1. The molecule has 0 saturated carbocycles. The molecule has 0 radical (unpaired) electrons. The molecule has 2 rings (SSSR count). The predicted molar refractivity (Wildman–Crippen MR) is 46.8 cm³/mol. The number of hydrogen-bond donors (Lipinski definition) is 2. The van der Waals surface area contributed by atoms with E-state index in [1.165, 1.54) is 28.4 Å². The largest absolute Gasteiger partial charge is 0.505 e. The fourth-order valence-electron chi connectivity index (χ4n) is 0.894. The van der Waals surface area contributed by atoms with Crippen LogP contribution in [0.3, 0.4) is 0 Å². The first kappa shape index (κ1) is 8.21. The van der Waals surface area contributed by atoms with Gasteiger partial charge in [-0.3, -0.25) is 0 Å². The Balaban J connectivity index is 2.35. The Morgan fingerprint density at radius 3 is 2.85 bits per heavy atom. The number of hydrogen-bond acceptors (Lipinski definition) is 5. The van der Waals surface area contributed by atoms with Crippen molar-refractivity contribution < 1.29 is 10.2 Å². The maximum absolute atomic E-state index is 9.02. The van der Waals surface area contributed by atoms with Crippen molar-refractivity contribution in [1.29, 1.82) is 0 Å². The molecule has 0 aliphatic heterocycles. The smallest absolute Gasteiger partial charge is 0.210 e. The minimum atomic E-state index is -0.0229. The molecule has 0 unspecified atom stereocenters. The molecule has 6 heteroatoms. The van der Waals surface area contributed by atoms with Gasteiger partial charge in [0, 0.05) is 6.20 Å². The molecule has 0 atom stereocenters. The molecule has 0 fully saturated rings. The van der Waals surface area contributed by atoms with Gasteiger partial charge in [-0.15, -0.1) is 0 Å². The molecule has 2 aromatic rings. The third-order valence-electron chi connectivity index (χ3n) is 1.46. The van der Waals surface area contributed by atoms with Crippen molar-refractivity contribution in [2.75, 3.05) is 0 Å². The van der Waals surface area contributed by atoms with E-state index in [1.807, 2.05) is 0 Å². The van der Waals surface area contributed by atoms with Crippen LogP contribution in [0.4, 0.5) is 0 Å². The zero-order valence-corrected chi connectivity index (χ0v) is 7.40. The highest BCUT2D eigenvalue weighted by atomic mass is 32.1. The topological polar surface area (TPSA) is 71.2 Å². The highest BCUT2D eigenvalue weighted by molar-refractivity contribution is 7.14. The highest BCUT2D eigenvalue weighted by Gasteiger charge is 2.04. The first-order valence-corrected chi connectivity index (χ1v) is 4.41. The molecule has 13 heavy (non-hydrogen) atoms. The molecule has 0 aliphatic rings. The van der Waals surface area contributed by atoms with Crippen LogP contribution in [0.15, 0.2) is 18.6 Å². The summed E-state index contributed by atoms with van der Waals surface area (Å²) in [5, 5.41) is 22.3. The van der Waals surface area contributed by atoms with Crippen LogP contribution in [-0.4, -0.2) is 25.0 Å². The summed E-state index contributed by atoms with van der Waals surface area (Å²) < 4.78 is 1.46. The maximum atomic E-state index is 9.02. The zero-order chi connectivity index (χ0) is 9.26. The summed E-state index contributed by atoms with van der Waals surface area (Å²) in [5.41, 5.74) is 0. The molecule has 0 aliphatic carbocycles. The molecule has 0 bridgehead atoms. The van der Waals surface area contributed by atoms with E-state index < -0.39 is 0 Å². The number of aliphatic hydroxyl groups excluding tert-OH is 1. The second-order valence-corrected chi connectivity index (χ2v) is 3.50. The van der Waals surface area contributed by atoms with Crippen LogP contribution < -0.4 is 0 Å². The number of thiazole rings is 1. The third-order valence-corrected chi connectivity index (χ3v) is 2.43. The quantitative estimate of drug-likeness (QED) is 0.736. The van der Waals surface area contributed by atoms with Crippen molar-refractivity contribution in [3.8, 4) is 10.9 Å². The van der Waals surface area contributed by atoms with E-state index >= 15 is 0 Å². The van der Waals surface area contributed by atoms with Gasteiger partial charge >= 0.3 is 0 Å². The van der Waals surface area contributed by atoms with Gasteiger partial charge < -0.3 is 10.2 Å². The third kappa shape index (κ3) is 1.53. The molecule has 0 spiro atoms. The summed E-state index contributed by atoms with van der Waals surface area (Å²) in [6.45, 7) is -0.0229. The molecule has 2 aromatic heterocycles. The van der Waals surface area contributed by atoms with Gasteiger partial charge in [0.25, 0.3) is 0 Å². The normalized spacial score (nSPS) is 10.5. The average molecular weight is 197 g/mol. The van der Waals surface area contributed by atoms with Crippen molar-refractivity contribution in [3.05, 3.63) is 23.5 Å². The van der Waals surface area contributed by atoms with Crippen LogP contribution in [-0.2, 0) is 6.61 Å². The summed E-state index contributed by atoms with van der Waals surface area (Å²) >= 11 is 1.33. The maximum Gasteiger partial charge on any atom is 0.210 e. The Morgan fingerprint density at radius 2 is 2.31 bits per heavy atom. The molecule has 2 heterocycles.